The molecule has 1 heteroatoms. The van der Waals surface area contributed by atoms with Gasteiger partial charge in [-0.2, -0.15) is 11.8 Å². The fourth-order valence-corrected chi connectivity index (χ4v) is 3.08. The van der Waals surface area contributed by atoms with E-state index in [0.29, 0.717) is 4.75 Å². The SMILES string of the molecule is CC(C)(C)SC1CCCC1. The number of thioether (sulfide) groups is 1. The molecule has 60 valence electrons. The molecule has 0 aromatic rings. The van der Waals surface area contributed by atoms with Crippen LogP contribution < -0.4 is 0 Å². The van der Waals surface area contributed by atoms with E-state index in [0.717, 1.165) is 5.25 Å². The second-order valence-corrected chi connectivity index (χ2v) is 6.26. The molecule has 0 radical (unpaired) electrons. The smallest absolute Gasteiger partial charge is 0.00778 e. The first-order valence-electron chi connectivity index (χ1n) is 4.26. The lowest BCUT2D eigenvalue weighted by Gasteiger charge is -2.22. The summed E-state index contributed by atoms with van der Waals surface area (Å²) in [5.74, 6) is 0. The maximum Gasteiger partial charge on any atom is 0.00778 e. The van der Waals surface area contributed by atoms with Crippen molar-refractivity contribution in [1.82, 2.24) is 0 Å². The van der Waals surface area contributed by atoms with Crippen LogP contribution in [0.4, 0.5) is 0 Å². The van der Waals surface area contributed by atoms with Crippen molar-refractivity contribution in [2.45, 2.75) is 56.5 Å². The molecule has 1 aliphatic rings. The third kappa shape index (κ3) is 2.96. The molecule has 0 spiro atoms. The zero-order valence-corrected chi connectivity index (χ0v) is 8.13. The molecule has 1 fully saturated rings. The van der Waals surface area contributed by atoms with Gasteiger partial charge in [0.1, 0.15) is 0 Å². The minimum Gasteiger partial charge on any atom is -0.153 e. The molecular weight excluding hydrogens is 140 g/mol. The monoisotopic (exact) mass is 158 g/mol. The normalized spacial score (nSPS) is 21.9. The average molecular weight is 158 g/mol. The number of rotatable bonds is 1. The van der Waals surface area contributed by atoms with Crippen LogP contribution in [-0.4, -0.2) is 10.00 Å². The summed E-state index contributed by atoms with van der Waals surface area (Å²) >= 11 is 2.16. The van der Waals surface area contributed by atoms with Crippen molar-refractivity contribution in [3.63, 3.8) is 0 Å². The maximum atomic E-state index is 2.32. The van der Waals surface area contributed by atoms with Gasteiger partial charge in [0.25, 0.3) is 0 Å². The van der Waals surface area contributed by atoms with E-state index in [-0.39, 0.29) is 0 Å². The Morgan fingerprint density at radius 2 is 1.60 bits per heavy atom. The molecule has 1 aliphatic carbocycles. The molecule has 0 heterocycles. The molecule has 0 N–H and O–H groups in total. The van der Waals surface area contributed by atoms with Gasteiger partial charge in [-0.3, -0.25) is 0 Å². The highest BCUT2D eigenvalue weighted by Crippen LogP contribution is 2.37. The van der Waals surface area contributed by atoms with Gasteiger partial charge in [0, 0.05) is 10.00 Å². The fraction of sp³-hybridized carbons (Fsp3) is 1.00. The largest absolute Gasteiger partial charge is 0.153 e. The van der Waals surface area contributed by atoms with Gasteiger partial charge < -0.3 is 0 Å². The van der Waals surface area contributed by atoms with Gasteiger partial charge in [0.2, 0.25) is 0 Å². The van der Waals surface area contributed by atoms with Gasteiger partial charge in [-0.25, -0.2) is 0 Å². The predicted octanol–water partition coefficient (Wildman–Crippen LogP) is 3.46. The van der Waals surface area contributed by atoms with Crippen LogP contribution in [0, 0.1) is 0 Å². The van der Waals surface area contributed by atoms with Crippen LogP contribution in [-0.2, 0) is 0 Å². The highest BCUT2D eigenvalue weighted by atomic mass is 32.2. The summed E-state index contributed by atoms with van der Waals surface area (Å²) in [5, 5.41) is 0.972. The van der Waals surface area contributed by atoms with Crippen LogP contribution in [0.1, 0.15) is 46.5 Å². The van der Waals surface area contributed by atoms with E-state index >= 15 is 0 Å². The maximum absolute atomic E-state index is 2.32. The van der Waals surface area contributed by atoms with Gasteiger partial charge in [-0.1, -0.05) is 33.6 Å². The van der Waals surface area contributed by atoms with E-state index in [4.69, 9.17) is 0 Å². The molecule has 0 atom stereocenters. The van der Waals surface area contributed by atoms with E-state index in [9.17, 15) is 0 Å². The molecule has 0 aromatic carbocycles. The van der Waals surface area contributed by atoms with Crippen LogP contribution in [0.5, 0.6) is 0 Å². The van der Waals surface area contributed by atoms with Crippen LogP contribution in [0.25, 0.3) is 0 Å². The fourth-order valence-electron chi connectivity index (χ4n) is 1.51. The summed E-state index contributed by atoms with van der Waals surface area (Å²) in [6, 6.07) is 0. The molecular formula is C9H18S. The summed E-state index contributed by atoms with van der Waals surface area (Å²) in [7, 11) is 0. The lowest BCUT2D eigenvalue weighted by Crippen LogP contribution is -2.12. The minimum absolute atomic E-state index is 0.481. The summed E-state index contributed by atoms with van der Waals surface area (Å²) < 4.78 is 0.481. The summed E-state index contributed by atoms with van der Waals surface area (Å²) in [6.07, 6.45) is 5.85. The average Bonchev–Trinajstić information content (AvgIpc) is 2.12. The summed E-state index contributed by atoms with van der Waals surface area (Å²) in [5.41, 5.74) is 0. The van der Waals surface area contributed by atoms with Crippen LogP contribution in [0.15, 0.2) is 0 Å². The molecule has 0 amide bonds. The highest BCUT2D eigenvalue weighted by molar-refractivity contribution is 8.01. The third-order valence-electron chi connectivity index (χ3n) is 1.82. The molecule has 1 rings (SSSR count). The Labute approximate surface area is 68.8 Å². The van der Waals surface area contributed by atoms with Crippen molar-refractivity contribution in [3.8, 4) is 0 Å². The zero-order valence-electron chi connectivity index (χ0n) is 7.31. The van der Waals surface area contributed by atoms with Gasteiger partial charge >= 0.3 is 0 Å². The molecule has 0 bridgehead atoms. The summed E-state index contributed by atoms with van der Waals surface area (Å²) in [4.78, 5) is 0. The van der Waals surface area contributed by atoms with Crippen molar-refractivity contribution in [3.05, 3.63) is 0 Å². The first-order valence-corrected chi connectivity index (χ1v) is 5.14. The minimum atomic E-state index is 0.481. The molecule has 0 saturated heterocycles. The Morgan fingerprint density at radius 3 is 2.00 bits per heavy atom. The predicted molar refractivity (Wildman–Crippen MR) is 49.6 cm³/mol. The van der Waals surface area contributed by atoms with Crippen molar-refractivity contribution in [2.75, 3.05) is 0 Å². The van der Waals surface area contributed by atoms with Crippen molar-refractivity contribution < 1.29 is 0 Å². The van der Waals surface area contributed by atoms with Crippen LogP contribution >= 0.6 is 11.8 Å². The third-order valence-corrected chi connectivity index (χ3v) is 3.33. The molecule has 1 saturated carbocycles. The van der Waals surface area contributed by atoms with Gasteiger partial charge in [0.05, 0.1) is 0 Å². The Kier molecular flexibility index (Phi) is 2.67. The highest BCUT2D eigenvalue weighted by Gasteiger charge is 2.21. The zero-order chi connectivity index (χ0) is 7.61. The molecule has 0 aromatic heterocycles. The van der Waals surface area contributed by atoms with Crippen molar-refractivity contribution in [2.24, 2.45) is 0 Å². The molecule has 0 aliphatic heterocycles. The van der Waals surface area contributed by atoms with Crippen molar-refractivity contribution >= 4 is 11.8 Å². The first kappa shape index (κ1) is 8.45. The van der Waals surface area contributed by atoms with E-state index in [1.54, 1.807) is 0 Å². The Balaban J connectivity index is 2.24. The lowest BCUT2D eigenvalue weighted by atomic mass is 10.3. The van der Waals surface area contributed by atoms with Crippen molar-refractivity contribution in [1.29, 1.82) is 0 Å². The Bertz CT molecular complexity index is 95.8. The molecule has 0 nitrogen and oxygen atoms in total. The van der Waals surface area contributed by atoms with Gasteiger partial charge in [-0.05, 0) is 12.8 Å². The van der Waals surface area contributed by atoms with E-state index in [1.807, 2.05) is 0 Å². The topological polar surface area (TPSA) is 0 Å². The van der Waals surface area contributed by atoms with Crippen LogP contribution in [0.3, 0.4) is 0 Å². The van der Waals surface area contributed by atoms with Gasteiger partial charge in [-0.15, -0.1) is 0 Å². The molecule has 0 unspecified atom stereocenters. The van der Waals surface area contributed by atoms with Crippen LogP contribution in [0.2, 0.25) is 0 Å². The number of hydrogen-bond donors (Lipinski definition) is 0. The van der Waals surface area contributed by atoms with E-state index in [2.05, 4.69) is 32.5 Å². The second-order valence-electron chi connectivity index (χ2n) is 4.14. The number of hydrogen-bond acceptors (Lipinski definition) is 1. The Morgan fingerprint density at radius 1 is 1.10 bits per heavy atom. The first-order chi connectivity index (χ1) is 4.58. The standard InChI is InChI=1S/C9H18S/c1-9(2,3)10-8-6-4-5-7-8/h8H,4-7H2,1-3H3. The molecule has 10 heavy (non-hydrogen) atoms. The Hall–Kier alpha value is 0.350. The van der Waals surface area contributed by atoms with Gasteiger partial charge in [0.15, 0.2) is 0 Å². The second kappa shape index (κ2) is 3.17. The quantitative estimate of drug-likeness (QED) is 0.563. The van der Waals surface area contributed by atoms with E-state index < -0.39 is 0 Å². The lowest BCUT2D eigenvalue weighted by molar-refractivity contribution is 0.780. The van der Waals surface area contributed by atoms with E-state index in [1.165, 1.54) is 25.7 Å². The summed E-state index contributed by atoms with van der Waals surface area (Å²) in [6.45, 7) is 6.95.